The molecule has 33 heavy (non-hydrogen) atoms. The summed E-state index contributed by atoms with van der Waals surface area (Å²) in [5, 5.41) is 16.8. The Morgan fingerprint density at radius 1 is 1.24 bits per heavy atom. The molecular weight excluding hydrogens is 484 g/mol. The number of ketones is 1. The summed E-state index contributed by atoms with van der Waals surface area (Å²) in [4.78, 5) is 26.7. The summed E-state index contributed by atoms with van der Waals surface area (Å²) < 4.78 is 6.08. The third-order valence-electron chi connectivity index (χ3n) is 6.10. The number of allylic oxidation sites excluding steroid dienone is 3. The van der Waals surface area contributed by atoms with Gasteiger partial charge in [0.05, 0.1) is 11.1 Å². The average molecular weight is 511 g/mol. The van der Waals surface area contributed by atoms with Crippen molar-refractivity contribution in [2.45, 2.75) is 46.0 Å². The van der Waals surface area contributed by atoms with Gasteiger partial charge in [0.2, 0.25) is 0 Å². The Morgan fingerprint density at radius 2 is 2.00 bits per heavy atom. The van der Waals surface area contributed by atoms with Crippen molar-refractivity contribution in [1.82, 2.24) is 5.32 Å². The molecule has 1 aliphatic heterocycles. The minimum Gasteiger partial charge on any atom is -0.503 e. The molecule has 7 heteroatoms. The lowest BCUT2D eigenvalue weighted by molar-refractivity contribution is -0.116. The van der Waals surface area contributed by atoms with E-state index in [-0.39, 0.29) is 17.4 Å². The van der Waals surface area contributed by atoms with Crippen molar-refractivity contribution < 1.29 is 19.4 Å². The first-order valence-corrected chi connectivity index (χ1v) is 11.9. The van der Waals surface area contributed by atoms with Gasteiger partial charge in [-0.15, -0.1) is 0 Å². The molecule has 0 bridgehead atoms. The van der Waals surface area contributed by atoms with E-state index in [2.05, 4.69) is 26.6 Å². The highest BCUT2D eigenvalue weighted by Gasteiger charge is 2.39. The average Bonchev–Trinajstić information content (AvgIpc) is 2.77. The topological polar surface area (TPSA) is 87.7 Å². The second-order valence-electron chi connectivity index (χ2n) is 8.32. The minimum absolute atomic E-state index is 0.00896. The largest absolute Gasteiger partial charge is 0.503 e. The quantitative estimate of drug-likeness (QED) is 0.496. The van der Waals surface area contributed by atoms with E-state index in [1.165, 1.54) is 0 Å². The number of phenolic OH excluding ortho intramolecular Hbond substituents is 1. The number of hydrogen-bond acceptors (Lipinski definition) is 5. The predicted molar refractivity (Wildman–Crippen MR) is 131 cm³/mol. The third kappa shape index (κ3) is 4.42. The number of aromatic hydroxyl groups is 1. The molecule has 0 saturated heterocycles. The lowest BCUT2D eigenvalue weighted by atomic mass is 9.75. The van der Waals surface area contributed by atoms with Gasteiger partial charge < -0.3 is 20.5 Å². The monoisotopic (exact) mass is 510 g/mol. The summed E-state index contributed by atoms with van der Waals surface area (Å²) in [6.45, 7) is 6.00. The van der Waals surface area contributed by atoms with Gasteiger partial charge in [0, 0.05) is 40.6 Å². The predicted octanol–water partition coefficient (Wildman–Crippen LogP) is 5.47. The number of para-hydroxylation sites is 1. The van der Waals surface area contributed by atoms with Crippen LogP contribution in [0.25, 0.3) is 0 Å². The summed E-state index contributed by atoms with van der Waals surface area (Å²) in [5.41, 5.74) is 5.04. The van der Waals surface area contributed by atoms with E-state index >= 15 is 0 Å². The van der Waals surface area contributed by atoms with E-state index in [4.69, 9.17) is 4.74 Å². The Labute approximate surface area is 201 Å². The molecule has 1 heterocycles. The molecule has 6 nitrogen and oxygen atoms in total. The maximum Gasteiger partial charge on any atom is 0.254 e. The Hall–Kier alpha value is -3.06. The molecule has 1 aliphatic carbocycles. The molecule has 1 atom stereocenters. The van der Waals surface area contributed by atoms with Gasteiger partial charge in [0.1, 0.15) is 0 Å². The summed E-state index contributed by atoms with van der Waals surface area (Å²) in [6, 6.07) is 11.1. The highest BCUT2D eigenvalue weighted by atomic mass is 79.9. The van der Waals surface area contributed by atoms with Crippen molar-refractivity contribution in [3.05, 3.63) is 74.5 Å². The molecule has 172 valence electrons. The van der Waals surface area contributed by atoms with Gasteiger partial charge in [-0.25, -0.2) is 0 Å². The van der Waals surface area contributed by atoms with Crippen molar-refractivity contribution in [3.8, 4) is 11.5 Å². The van der Waals surface area contributed by atoms with Crippen molar-refractivity contribution >= 4 is 33.3 Å². The van der Waals surface area contributed by atoms with Crippen LogP contribution in [0.15, 0.2) is 63.4 Å². The number of phenols is 1. The molecule has 1 amide bonds. The maximum atomic E-state index is 13.6. The summed E-state index contributed by atoms with van der Waals surface area (Å²) >= 11 is 3.41. The van der Waals surface area contributed by atoms with Crippen LogP contribution in [0, 0.1) is 6.92 Å². The van der Waals surface area contributed by atoms with E-state index in [0.29, 0.717) is 45.7 Å². The number of anilines is 1. The standard InChI is InChI=1S/C26H27BrN2O4/c1-4-33-21-13-16(12-17(27)25(21)31)23-22(26(32)29-18-9-6-5-8-14(18)2)15(3)28-19-10-7-11-20(30)24(19)23/h5-6,8-9,12-13,23,28,31H,4,7,10-11H2,1-3H3,(H,29,32). The Balaban J connectivity index is 1.86. The second-order valence-corrected chi connectivity index (χ2v) is 9.17. The number of aryl methyl sites for hydroxylation is 1. The fourth-order valence-corrected chi connectivity index (χ4v) is 5.01. The van der Waals surface area contributed by atoms with E-state index < -0.39 is 5.92 Å². The molecule has 2 aliphatic rings. The van der Waals surface area contributed by atoms with Gasteiger partial charge in [0.15, 0.2) is 17.3 Å². The first kappa shape index (κ1) is 23.1. The van der Waals surface area contributed by atoms with Gasteiger partial charge in [-0.2, -0.15) is 0 Å². The van der Waals surface area contributed by atoms with E-state index in [9.17, 15) is 14.7 Å². The van der Waals surface area contributed by atoms with E-state index in [1.807, 2.05) is 45.0 Å². The number of ether oxygens (including phenoxy) is 1. The molecule has 0 fully saturated rings. The first-order valence-electron chi connectivity index (χ1n) is 11.1. The van der Waals surface area contributed by atoms with Gasteiger partial charge in [-0.05, 0) is 78.9 Å². The fourth-order valence-electron chi connectivity index (χ4n) is 4.55. The number of dihydropyridines is 1. The first-order chi connectivity index (χ1) is 15.8. The van der Waals surface area contributed by atoms with Crippen LogP contribution >= 0.6 is 15.9 Å². The number of Topliss-reactive ketones (excluding diaryl/α,β-unsaturated/α-hetero) is 1. The number of amides is 1. The van der Waals surface area contributed by atoms with Crippen LogP contribution in [0.5, 0.6) is 11.5 Å². The van der Waals surface area contributed by atoms with Gasteiger partial charge in [-0.3, -0.25) is 9.59 Å². The number of halogens is 1. The van der Waals surface area contributed by atoms with Gasteiger partial charge >= 0.3 is 0 Å². The summed E-state index contributed by atoms with van der Waals surface area (Å²) in [7, 11) is 0. The van der Waals surface area contributed by atoms with Crippen LogP contribution in [-0.2, 0) is 9.59 Å². The highest BCUT2D eigenvalue weighted by Crippen LogP contribution is 2.46. The van der Waals surface area contributed by atoms with E-state index in [0.717, 1.165) is 29.8 Å². The number of carbonyl (C=O) groups excluding carboxylic acids is 2. The van der Waals surface area contributed by atoms with Crippen LogP contribution in [0.2, 0.25) is 0 Å². The molecule has 0 radical (unpaired) electrons. The Bertz CT molecular complexity index is 1200. The van der Waals surface area contributed by atoms with Crippen LogP contribution in [0.4, 0.5) is 5.69 Å². The maximum absolute atomic E-state index is 13.6. The molecule has 1 unspecified atom stereocenters. The van der Waals surface area contributed by atoms with Crippen LogP contribution in [0.1, 0.15) is 50.2 Å². The number of hydrogen-bond donors (Lipinski definition) is 3. The number of carbonyl (C=O) groups is 2. The smallest absolute Gasteiger partial charge is 0.254 e. The summed E-state index contributed by atoms with van der Waals surface area (Å²) in [6.07, 6.45) is 1.97. The van der Waals surface area contributed by atoms with Crippen molar-refractivity contribution in [2.24, 2.45) is 0 Å². The minimum atomic E-state index is -0.575. The van der Waals surface area contributed by atoms with Crippen LogP contribution in [0.3, 0.4) is 0 Å². The number of benzene rings is 2. The van der Waals surface area contributed by atoms with E-state index in [1.54, 1.807) is 12.1 Å². The Morgan fingerprint density at radius 3 is 2.73 bits per heavy atom. The molecule has 0 spiro atoms. The molecule has 2 aromatic carbocycles. The fraction of sp³-hybridized carbons (Fsp3) is 0.308. The van der Waals surface area contributed by atoms with Gasteiger partial charge in [0.25, 0.3) is 5.91 Å². The third-order valence-corrected chi connectivity index (χ3v) is 6.70. The van der Waals surface area contributed by atoms with Crippen molar-refractivity contribution in [3.63, 3.8) is 0 Å². The number of nitrogens with one attached hydrogen (secondary N) is 2. The Kier molecular flexibility index (Phi) is 6.61. The second kappa shape index (κ2) is 9.43. The molecule has 4 rings (SSSR count). The number of rotatable bonds is 5. The molecular formula is C26H27BrN2O4. The zero-order chi connectivity index (χ0) is 23.7. The lowest BCUT2D eigenvalue weighted by Gasteiger charge is -2.35. The molecule has 2 aromatic rings. The zero-order valence-electron chi connectivity index (χ0n) is 18.9. The molecule has 0 saturated carbocycles. The summed E-state index contributed by atoms with van der Waals surface area (Å²) in [5.74, 6) is -0.516. The lowest BCUT2D eigenvalue weighted by Crippen LogP contribution is -2.35. The van der Waals surface area contributed by atoms with Crippen LogP contribution in [-0.4, -0.2) is 23.4 Å². The highest BCUT2D eigenvalue weighted by molar-refractivity contribution is 9.10. The van der Waals surface area contributed by atoms with Crippen LogP contribution < -0.4 is 15.4 Å². The normalized spacial score (nSPS) is 18.1. The molecule has 0 aromatic heterocycles. The van der Waals surface area contributed by atoms with Gasteiger partial charge in [-0.1, -0.05) is 18.2 Å². The molecule has 3 N–H and O–H groups in total. The van der Waals surface area contributed by atoms with Crippen molar-refractivity contribution in [2.75, 3.05) is 11.9 Å². The van der Waals surface area contributed by atoms with Crippen molar-refractivity contribution in [1.29, 1.82) is 0 Å². The SMILES string of the molecule is CCOc1cc(C2C(C(=O)Nc3ccccc3C)=C(C)NC3=C2C(=O)CCC3)cc(Br)c1O. The zero-order valence-corrected chi connectivity index (χ0v) is 20.5.